The van der Waals surface area contributed by atoms with Gasteiger partial charge in [-0.2, -0.15) is 5.10 Å². The lowest BCUT2D eigenvalue weighted by Gasteiger charge is -2.09. The summed E-state index contributed by atoms with van der Waals surface area (Å²) >= 11 is 0. The van der Waals surface area contributed by atoms with E-state index in [0.717, 1.165) is 22.5 Å². The fourth-order valence-corrected chi connectivity index (χ4v) is 2.34. The first-order valence-corrected chi connectivity index (χ1v) is 7.01. The van der Waals surface area contributed by atoms with Gasteiger partial charge in [0.25, 0.3) is 0 Å². The van der Waals surface area contributed by atoms with E-state index in [1.807, 2.05) is 56.4 Å². The van der Waals surface area contributed by atoms with Crippen LogP contribution in [0.1, 0.15) is 21.6 Å². The molecule has 0 unspecified atom stereocenters. The largest absolute Gasteiger partial charge is 0.478 e. The Balaban J connectivity index is 2.15. The van der Waals surface area contributed by atoms with E-state index in [-0.39, 0.29) is 5.56 Å². The summed E-state index contributed by atoms with van der Waals surface area (Å²) in [7, 11) is 0. The quantitative estimate of drug-likeness (QED) is 0.797. The van der Waals surface area contributed by atoms with Crippen molar-refractivity contribution in [2.75, 3.05) is 0 Å². The summed E-state index contributed by atoms with van der Waals surface area (Å²) < 4.78 is 1.69. The fraction of sp³-hybridized carbons (Fsp3) is 0.111. The lowest BCUT2D eigenvalue weighted by atomic mass is 10.0. The van der Waals surface area contributed by atoms with Gasteiger partial charge < -0.3 is 5.11 Å². The third kappa shape index (κ3) is 2.76. The number of aromatic nitrogens is 2. The zero-order chi connectivity index (χ0) is 15.7. The van der Waals surface area contributed by atoms with E-state index >= 15 is 0 Å². The molecule has 0 spiro atoms. The molecule has 2 aromatic carbocycles. The Morgan fingerprint density at radius 1 is 1.00 bits per heavy atom. The number of carboxylic acid groups (broad SMARTS) is 1. The van der Waals surface area contributed by atoms with Crippen molar-refractivity contribution >= 4 is 5.97 Å². The third-order valence-electron chi connectivity index (χ3n) is 3.54. The average molecular weight is 292 g/mol. The highest BCUT2D eigenvalue weighted by molar-refractivity contribution is 5.90. The molecule has 0 atom stereocenters. The third-order valence-corrected chi connectivity index (χ3v) is 3.54. The molecule has 0 aliphatic rings. The predicted molar refractivity (Wildman–Crippen MR) is 85.4 cm³/mol. The van der Waals surface area contributed by atoms with Gasteiger partial charge in [0.15, 0.2) is 0 Å². The summed E-state index contributed by atoms with van der Waals surface area (Å²) in [6.07, 6.45) is 1.83. The van der Waals surface area contributed by atoms with Crippen molar-refractivity contribution in [3.63, 3.8) is 0 Å². The van der Waals surface area contributed by atoms with Crippen LogP contribution in [0.4, 0.5) is 0 Å². The first kappa shape index (κ1) is 14.1. The summed E-state index contributed by atoms with van der Waals surface area (Å²) in [6, 6.07) is 15.2. The molecule has 0 saturated carbocycles. The molecule has 110 valence electrons. The number of benzene rings is 2. The normalized spacial score (nSPS) is 10.6. The minimum atomic E-state index is -0.945. The van der Waals surface area contributed by atoms with Crippen molar-refractivity contribution in [1.29, 1.82) is 0 Å². The first-order valence-electron chi connectivity index (χ1n) is 7.01. The lowest BCUT2D eigenvalue weighted by Crippen LogP contribution is -2.02. The summed E-state index contributed by atoms with van der Waals surface area (Å²) in [5, 5.41) is 13.7. The Morgan fingerprint density at radius 3 is 2.32 bits per heavy atom. The van der Waals surface area contributed by atoms with Gasteiger partial charge in [-0.3, -0.25) is 0 Å². The standard InChI is InChI=1S/C18H16N2O2/c1-12-3-5-14(6-4-12)15-9-16(18(21)22)11-17(10-15)20-8-7-13(2)19-20/h3-11H,1-2H3,(H,21,22). The number of hydrogen-bond acceptors (Lipinski definition) is 2. The van der Waals surface area contributed by atoms with Crippen LogP contribution in [-0.2, 0) is 0 Å². The molecule has 4 nitrogen and oxygen atoms in total. The van der Waals surface area contributed by atoms with Gasteiger partial charge in [0, 0.05) is 6.20 Å². The number of carboxylic acids is 1. The Bertz CT molecular complexity index is 833. The topological polar surface area (TPSA) is 55.1 Å². The monoisotopic (exact) mass is 292 g/mol. The van der Waals surface area contributed by atoms with Crippen LogP contribution in [0.25, 0.3) is 16.8 Å². The number of aryl methyl sites for hydroxylation is 2. The fourth-order valence-electron chi connectivity index (χ4n) is 2.34. The molecule has 0 fully saturated rings. The minimum Gasteiger partial charge on any atom is -0.478 e. The second kappa shape index (κ2) is 5.48. The number of carbonyl (C=O) groups is 1. The van der Waals surface area contributed by atoms with Gasteiger partial charge in [-0.1, -0.05) is 29.8 Å². The summed E-state index contributed by atoms with van der Waals surface area (Å²) in [6.45, 7) is 3.92. The summed E-state index contributed by atoms with van der Waals surface area (Å²) in [5.41, 5.74) is 4.89. The molecule has 1 heterocycles. The molecule has 3 aromatic rings. The van der Waals surface area contributed by atoms with Crippen LogP contribution < -0.4 is 0 Å². The van der Waals surface area contributed by atoms with Crippen molar-refractivity contribution in [1.82, 2.24) is 9.78 Å². The molecule has 0 radical (unpaired) electrons. The molecule has 22 heavy (non-hydrogen) atoms. The van der Waals surface area contributed by atoms with Crippen LogP contribution >= 0.6 is 0 Å². The Morgan fingerprint density at radius 2 is 1.73 bits per heavy atom. The molecular formula is C18H16N2O2. The van der Waals surface area contributed by atoms with Gasteiger partial charge in [-0.25, -0.2) is 9.48 Å². The van der Waals surface area contributed by atoms with Gasteiger partial charge in [-0.15, -0.1) is 0 Å². The Kier molecular flexibility index (Phi) is 3.51. The molecule has 1 aromatic heterocycles. The maximum absolute atomic E-state index is 11.4. The number of rotatable bonds is 3. The first-order chi connectivity index (χ1) is 10.5. The highest BCUT2D eigenvalue weighted by Gasteiger charge is 2.10. The van der Waals surface area contributed by atoms with Crippen molar-refractivity contribution in [2.24, 2.45) is 0 Å². The predicted octanol–water partition coefficient (Wildman–Crippen LogP) is 3.85. The Hall–Kier alpha value is -2.88. The van der Waals surface area contributed by atoms with Crippen LogP contribution in [0.5, 0.6) is 0 Å². The molecule has 0 amide bonds. The Labute approximate surface area is 128 Å². The van der Waals surface area contributed by atoms with Gasteiger partial charge >= 0.3 is 5.97 Å². The molecular weight excluding hydrogens is 276 g/mol. The van der Waals surface area contributed by atoms with Gasteiger partial charge in [-0.05, 0) is 49.2 Å². The SMILES string of the molecule is Cc1ccc(-c2cc(C(=O)O)cc(-n3ccc(C)n3)c2)cc1. The second-order valence-corrected chi connectivity index (χ2v) is 5.34. The van der Waals surface area contributed by atoms with Crippen molar-refractivity contribution in [3.05, 3.63) is 71.5 Å². The van der Waals surface area contributed by atoms with E-state index in [2.05, 4.69) is 5.10 Å². The zero-order valence-electron chi connectivity index (χ0n) is 12.4. The molecule has 0 saturated heterocycles. The highest BCUT2D eigenvalue weighted by atomic mass is 16.4. The van der Waals surface area contributed by atoms with Crippen molar-refractivity contribution < 1.29 is 9.90 Å². The van der Waals surface area contributed by atoms with Gasteiger partial charge in [0.1, 0.15) is 0 Å². The van der Waals surface area contributed by atoms with Crippen LogP contribution in [0.15, 0.2) is 54.7 Å². The van der Waals surface area contributed by atoms with E-state index < -0.39 is 5.97 Å². The van der Waals surface area contributed by atoms with E-state index in [4.69, 9.17) is 0 Å². The van der Waals surface area contributed by atoms with Crippen molar-refractivity contribution in [3.8, 4) is 16.8 Å². The van der Waals surface area contributed by atoms with Crippen LogP contribution in [0.2, 0.25) is 0 Å². The number of aromatic carboxylic acids is 1. The molecule has 1 N–H and O–H groups in total. The van der Waals surface area contributed by atoms with Crippen LogP contribution in [0.3, 0.4) is 0 Å². The summed E-state index contributed by atoms with van der Waals surface area (Å²) in [4.78, 5) is 11.4. The lowest BCUT2D eigenvalue weighted by molar-refractivity contribution is 0.0697. The molecule has 0 aliphatic heterocycles. The highest BCUT2D eigenvalue weighted by Crippen LogP contribution is 2.25. The number of nitrogens with zero attached hydrogens (tertiary/aromatic N) is 2. The van der Waals surface area contributed by atoms with Crippen LogP contribution in [0, 0.1) is 13.8 Å². The molecule has 4 heteroatoms. The number of hydrogen-bond donors (Lipinski definition) is 1. The average Bonchev–Trinajstić information content (AvgIpc) is 2.94. The van der Waals surface area contributed by atoms with Gasteiger partial charge in [0.2, 0.25) is 0 Å². The second-order valence-electron chi connectivity index (χ2n) is 5.34. The van der Waals surface area contributed by atoms with E-state index in [0.29, 0.717) is 0 Å². The molecule has 3 rings (SSSR count). The van der Waals surface area contributed by atoms with E-state index in [1.165, 1.54) is 5.56 Å². The maximum atomic E-state index is 11.4. The van der Waals surface area contributed by atoms with Gasteiger partial charge in [0.05, 0.1) is 16.9 Å². The minimum absolute atomic E-state index is 0.251. The summed E-state index contributed by atoms with van der Waals surface area (Å²) in [5.74, 6) is -0.945. The van der Waals surface area contributed by atoms with Crippen LogP contribution in [-0.4, -0.2) is 20.9 Å². The zero-order valence-corrected chi connectivity index (χ0v) is 12.4. The van der Waals surface area contributed by atoms with E-state index in [1.54, 1.807) is 16.8 Å². The maximum Gasteiger partial charge on any atom is 0.335 e. The van der Waals surface area contributed by atoms with E-state index in [9.17, 15) is 9.90 Å². The molecule has 0 aliphatic carbocycles. The smallest absolute Gasteiger partial charge is 0.335 e. The molecule has 0 bridgehead atoms. The van der Waals surface area contributed by atoms with Crippen molar-refractivity contribution in [2.45, 2.75) is 13.8 Å².